The van der Waals surface area contributed by atoms with Crippen LogP contribution in [0.1, 0.15) is 10.4 Å². The van der Waals surface area contributed by atoms with Gasteiger partial charge < -0.3 is 10.8 Å². The highest BCUT2D eigenvalue weighted by molar-refractivity contribution is 5.98. The van der Waals surface area contributed by atoms with Gasteiger partial charge in [-0.25, -0.2) is 8.78 Å². The number of hydrogen-bond acceptors (Lipinski definition) is 3. The monoisotopic (exact) mass is 187 g/mol. The molecule has 3 nitrogen and oxygen atoms in total. The second-order valence-corrected chi connectivity index (χ2v) is 2.38. The second-order valence-electron chi connectivity index (χ2n) is 2.38. The molecule has 0 heterocycles. The SMILES string of the molecule is NCC(=O)c1ccc(F)c(O)c1F. The number of hydrogen-bond donors (Lipinski definition) is 2. The lowest BCUT2D eigenvalue weighted by Crippen LogP contribution is -2.15. The Balaban J connectivity index is 3.26. The Hall–Kier alpha value is -1.49. The Labute approximate surface area is 72.8 Å². The normalized spacial score (nSPS) is 10.1. The van der Waals surface area contributed by atoms with E-state index in [1.807, 2.05) is 0 Å². The Bertz CT molecular complexity index is 352. The number of aromatic hydroxyl groups is 1. The molecule has 3 N–H and O–H groups in total. The number of carbonyl (C=O) groups excluding carboxylic acids is 1. The molecule has 5 heteroatoms. The quantitative estimate of drug-likeness (QED) is 0.673. The first-order valence-electron chi connectivity index (χ1n) is 3.48. The van der Waals surface area contributed by atoms with Gasteiger partial charge in [0.25, 0.3) is 0 Å². The molecule has 0 aromatic heterocycles. The third-order valence-electron chi connectivity index (χ3n) is 1.55. The zero-order chi connectivity index (χ0) is 10.0. The van der Waals surface area contributed by atoms with Crippen LogP contribution < -0.4 is 5.73 Å². The molecular formula is C8H7F2NO2. The summed E-state index contributed by atoms with van der Waals surface area (Å²) >= 11 is 0. The van der Waals surface area contributed by atoms with Gasteiger partial charge in [-0.1, -0.05) is 0 Å². The number of phenolic OH excluding ortho intramolecular Hbond substituents is 1. The molecule has 70 valence electrons. The summed E-state index contributed by atoms with van der Waals surface area (Å²) in [5, 5.41) is 8.79. The van der Waals surface area contributed by atoms with E-state index in [2.05, 4.69) is 0 Å². The van der Waals surface area contributed by atoms with Crippen LogP contribution in [0, 0.1) is 11.6 Å². The van der Waals surface area contributed by atoms with Crippen molar-refractivity contribution in [2.45, 2.75) is 0 Å². The van der Waals surface area contributed by atoms with E-state index >= 15 is 0 Å². The first-order valence-corrected chi connectivity index (χ1v) is 3.48. The largest absolute Gasteiger partial charge is 0.503 e. The van der Waals surface area contributed by atoms with Crippen molar-refractivity contribution in [1.82, 2.24) is 0 Å². The van der Waals surface area contributed by atoms with Gasteiger partial charge in [0.1, 0.15) is 0 Å². The average molecular weight is 187 g/mol. The first-order chi connectivity index (χ1) is 6.07. The molecule has 0 unspecified atom stereocenters. The predicted octanol–water partition coefficient (Wildman–Crippen LogP) is 0.812. The molecular weight excluding hydrogens is 180 g/mol. The first kappa shape index (κ1) is 9.60. The summed E-state index contributed by atoms with van der Waals surface area (Å²) in [4.78, 5) is 10.9. The molecule has 0 aliphatic carbocycles. The van der Waals surface area contributed by atoms with E-state index in [-0.39, 0.29) is 6.54 Å². The highest BCUT2D eigenvalue weighted by Crippen LogP contribution is 2.22. The van der Waals surface area contributed by atoms with E-state index in [0.717, 1.165) is 12.1 Å². The Morgan fingerprint density at radius 1 is 1.46 bits per heavy atom. The minimum Gasteiger partial charge on any atom is -0.503 e. The maximum atomic E-state index is 12.9. The summed E-state index contributed by atoms with van der Waals surface area (Å²) in [6.07, 6.45) is 0. The smallest absolute Gasteiger partial charge is 0.188 e. The number of rotatable bonds is 2. The fourth-order valence-electron chi connectivity index (χ4n) is 0.866. The zero-order valence-electron chi connectivity index (χ0n) is 6.55. The molecule has 0 saturated carbocycles. The topological polar surface area (TPSA) is 63.3 Å². The lowest BCUT2D eigenvalue weighted by Gasteiger charge is -2.02. The molecule has 0 fully saturated rings. The molecule has 1 aromatic carbocycles. The van der Waals surface area contributed by atoms with Crippen LogP contribution in [0.4, 0.5) is 8.78 Å². The standard InChI is InChI=1S/C8H7F2NO2/c9-5-2-1-4(6(12)3-11)7(10)8(5)13/h1-2,13H,3,11H2. The summed E-state index contributed by atoms with van der Waals surface area (Å²) in [5.41, 5.74) is 4.57. The van der Waals surface area contributed by atoms with Crippen molar-refractivity contribution in [3.05, 3.63) is 29.3 Å². The Kier molecular flexibility index (Phi) is 2.57. The summed E-state index contributed by atoms with van der Waals surface area (Å²) in [5.74, 6) is -4.21. The van der Waals surface area contributed by atoms with Gasteiger partial charge in [-0.3, -0.25) is 4.79 Å². The average Bonchev–Trinajstić information content (AvgIpc) is 2.13. The molecule has 0 aliphatic heterocycles. The number of benzene rings is 1. The highest BCUT2D eigenvalue weighted by Gasteiger charge is 2.16. The van der Waals surface area contributed by atoms with E-state index in [4.69, 9.17) is 10.8 Å². The van der Waals surface area contributed by atoms with Crippen LogP contribution in [0.5, 0.6) is 5.75 Å². The van der Waals surface area contributed by atoms with Crippen LogP contribution in [0.15, 0.2) is 12.1 Å². The molecule has 0 spiro atoms. The number of phenols is 1. The third-order valence-corrected chi connectivity index (χ3v) is 1.55. The maximum Gasteiger partial charge on any atom is 0.188 e. The summed E-state index contributed by atoms with van der Waals surface area (Å²) in [6.45, 7) is -0.387. The molecule has 0 bridgehead atoms. The number of carbonyl (C=O) groups is 1. The highest BCUT2D eigenvalue weighted by atomic mass is 19.1. The van der Waals surface area contributed by atoms with E-state index < -0.39 is 28.7 Å². The Morgan fingerprint density at radius 2 is 2.08 bits per heavy atom. The van der Waals surface area contributed by atoms with E-state index in [1.165, 1.54) is 0 Å². The van der Waals surface area contributed by atoms with Crippen molar-refractivity contribution in [3.63, 3.8) is 0 Å². The van der Waals surface area contributed by atoms with Crippen LogP contribution in [0.3, 0.4) is 0 Å². The predicted molar refractivity (Wildman–Crippen MR) is 41.4 cm³/mol. The minimum atomic E-state index is -1.27. The zero-order valence-corrected chi connectivity index (χ0v) is 6.55. The van der Waals surface area contributed by atoms with Gasteiger partial charge in [0.05, 0.1) is 12.1 Å². The lowest BCUT2D eigenvalue weighted by atomic mass is 10.1. The minimum absolute atomic E-state index is 0.387. The van der Waals surface area contributed by atoms with Crippen molar-refractivity contribution in [3.8, 4) is 5.75 Å². The number of ketones is 1. The van der Waals surface area contributed by atoms with Crippen molar-refractivity contribution in [2.75, 3.05) is 6.54 Å². The van der Waals surface area contributed by atoms with E-state index in [1.54, 1.807) is 0 Å². The fraction of sp³-hybridized carbons (Fsp3) is 0.125. The second kappa shape index (κ2) is 3.49. The van der Waals surface area contributed by atoms with Crippen molar-refractivity contribution >= 4 is 5.78 Å². The van der Waals surface area contributed by atoms with Crippen molar-refractivity contribution in [1.29, 1.82) is 0 Å². The van der Waals surface area contributed by atoms with Gasteiger partial charge in [0, 0.05) is 0 Å². The third kappa shape index (κ3) is 1.65. The van der Waals surface area contributed by atoms with Crippen LogP contribution in [-0.2, 0) is 0 Å². The molecule has 0 aliphatic rings. The lowest BCUT2D eigenvalue weighted by molar-refractivity contribution is 0.0996. The summed E-state index contributed by atoms with van der Waals surface area (Å²) in [6, 6.07) is 1.75. The van der Waals surface area contributed by atoms with Crippen molar-refractivity contribution in [2.24, 2.45) is 5.73 Å². The maximum absolute atomic E-state index is 12.9. The van der Waals surface area contributed by atoms with Crippen LogP contribution in [0.2, 0.25) is 0 Å². The van der Waals surface area contributed by atoms with Gasteiger partial charge in [-0.2, -0.15) is 0 Å². The molecule has 13 heavy (non-hydrogen) atoms. The Morgan fingerprint density at radius 3 is 2.62 bits per heavy atom. The van der Waals surface area contributed by atoms with Crippen LogP contribution >= 0.6 is 0 Å². The van der Waals surface area contributed by atoms with Gasteiger partial charge in [0.2, 0.25) is 0 Å². The number of halogens is 2. The van der Waals surface area contributed by atoms with Crippen molar-refractivity contribution < 1.29 is 18.7 Å². The van der Waals surface area contributed by atoms with Crippen LogP contribution in [0.25, 0.3) is 0 Å². The van der Waals surface area contributed by atoms with Gasteiger partial charge >= 0.3 is 0 Å². The van der Waals surface area contributed by atoms with E-state index in [0.29, 0.717) is 0 Å². The fourth-order valence-corrected chi connectivity index (χ4v) is 0.866. The van der Waals surface area contributed by atoms with Gasteiger partial charge in [0.15, 0.2) is 23.2 Å². The molecule has 0 atom stereocenters. The number of Topliss-reactive ketones (excluding diaryl/α,β-unsaturated/α-hetero) is 1. The van der Waals surface area contributed by atoms with Gasteiger partial charge in [-0.05, 0) is 12.1 Å². The molecule has 1 rings (SSSR count). The summed E-state index contributed by atoms with van der Waals surface area (Å²) < 4.78 is 25.4. The summed E-state index contributed by atoms with van der Waals surface area (Å²) in [7, 11) is 0. The molecule has 0 amide bonds. The van der Waals surface area contributed by atoms with E-state index in [9.17, 15) is 13.6 Å². The molecule has 0 radical (unpaired) electrons. The molecule has 1 aromatic rings. The van der Waals surface area contributed by atoms with Crippen LogP contribution in [-0.4, -0.2) is 17.4 Å². The van der Waals surface area contributed by atoms with Gasteiger partial charge in [-0.15, -0.1) is 0 Å². The number of nitrogens with two attached hydrogens (primary N) is 1. The molecule has 0 saturated heterocycles.